The second-order valence-corrected chi connectivity index (χ2v) is 22.6. The van der Waals surface area contributed by atoms with Crippen LogP contribution in [-0.4, -0.2) is 24.1 Å². The smallest absolute Gasteiger partial charge is 0.202 e. The Hall–Kier alpha value is -7.36. The Morgan fingerprint density at radius 1 is 0.382 bits per heavy atom. The van der Waals surface area contributed by atoms with E-state index in [0.29, 0.717) is 28.7 Å². The molecule has 0 spiro atoms. The molecule has 10 aromatic rings. The highest BCUT2D eigenvalue weighted by molar-refractivity contribution is 6.12. The highest BCUT2D eigenvalue weighted by Gasteiger charge is 2.28. The lowest BCUT2D eigenvalue weighted by Gasteiger charge is -2.21. The second kappa shape index (κ2) is 15.9. The Labute approximate surface area is 401 Å². The molecule has 0 bridgehead atoms. The first-order chi connectivity index (χ1) is 32.2. The zero-order valence-electron chi connectivity index (χ0n) is 41.5. The van der Waals surface area contributed by atoms with Crippen molar-refractivity contribution in [3.05, 3.63) is 179 Å². The maximum atomic E-state index is 9.09. The maximum absolute atomic E-state index is 9.09. The minimum atomic E-state index is -0.0740. The standard InChI is InChI=1S/C62H60N6/c1-59(2,3)40-24-28-50-45(32-40)46-33-41(60(4,5)6)25-29-51(46)67(50)44-36-49(63-13)55(58-65-56(38-20-16-14-17-21-38)64-57(66-58)39-22-18-15-19-23-39)54(37-44)68-52-30-26-42(61(7,8)9)34-47(52)48-35-43(62(10,11)12)27-31-53(48)68/h14-37H,1-12H3. The van der Waals surface area contributed by atoms with Gasteiger partial charge in [0.2, 0.25) is 5.69 Å². The van der Waals surface area contributed by atoms with Crippen LogP contribution < -0.4 is 0 Å². The molecule has 0 fully saturated rings. The molecule has 0 N–H and O–H groups in total. The minimum Gasteiger partial charge on any atom is -0.310 e. The van der Waals surface area contributed by atoms with Crippen molar-refractivity contribution >= 4 is 49.3 Å². The van der Waals surface area contributed by atoms with E-state index in [1.807, 2.05) is 66.7 Å². The lowest BCUT2D eigenvalue weighted by Crippen LogP contribution is -2.10. The second-order valence-electron chi connectivity index (χ2n) is 22.6. The first-order valence-electron chi connectivity index (χ1n) is 23.8. The summed E-state index contributed by atoms with van der Waals surface area (Å²) in [5, 5.41) is 4.69. The van der Waals surface area contributed by atoms with Crippen molar-refractivity contribution in [1.29, 1.82) is 0 Å². The molecule has 0 amide bonds. The van der Waals surface area contributed by atoms with E-state index in [9.17, 15) is 0 Å². The molecule has 0 aliphatic rings. The average molecular weight is 889 g/mol. The highest BCUT2D eigenvalue weighted by Crippen LogP contribution is 2.46. The molecule has 7 aromatic carbocycles. The van der Waals surface area contributed by atoms with E-state index in [-0.39, 0.29) is 21.7 Å². The van der Waals surface area contributed by atoms with Gasteiger partial charge in [0.15, 0.2) is 17.5 Å². The molecule has 3 aromatic heterocycles. The van der Waals surface area contributed by atoms with Crippen LogP contribution in [-0.2, 0) is 21.7 Å². The van der Waals surface area contributed by atoms with Crippen molar-refractivity contribution < 1.29 is 0 Å². The number of hydrogen-bond donors (Lipinski definition) is 0. The van der Waals surface area contributed by atoms with Crippen LogP contribution in [0.25, 0.3) is 94.0 Å². The number of aromatic nitrogens is 5. The summed E-state index contributed by atoms with van der Waals surface area (Å²) in [6.07, 6.45) is 0. The van der Waals surface area contributed by atoms with Crippen LogP contribution in [0.2, 0.25) is 0 Å². The molecule has 0 saturated heterocycles. The van der Waals surface area contributed by atoms with Gasteiger partial charge in [-0.15, -0.1) is 0 Å². The van der Waals surface area contributed by atoms with Gasteiger partial charge in [-0.25, -0.2) is 19.8 Å². The molecule has 338 valence electrons. The molecule has 0 aliphatic carbocycles. The third-order valence-corrected chi connectivity index (χ3v) is 13.6. The summed E-state index contributed by atoms with van der Waals surface area (Å²) < 4.78 is 4.71. The zero-order chi connectivity index (χ0) is 48.1. The fraction of sp³-hybridized carbons (Fsp3) is 0.258. The van der Waals surface area contributed by atoms with Gasteiger partial charge >= 0.3 is 0 Å². The minimum absolute atomic E-state index is 0.0473. The van der Waals surface area contributed by atoms with Gasteiger partial charge in [-0.1, -0.05) is 168 Å². The fourth-order valence-corrected chi connectivity index (χ4v) is 9.59. The predicted octanol–water partition coefficient (Wildman–Crippen LogP) is 16.8. The van der Waals surface area contributed by atoms with Gasteiger partial charge in [-0.05, 0) is 105 Å². The highest BCUT2D eigenvalue weighted by atomic mass is 15.1. The summed E-state index contributed by atoms with van der Waals surface area (Å²) in [7, 11) is 0. The van der Waals surface area contributed by atoms with Crippen LogP contribution in [0.4, 0.5) is 5.69 Å². The Morgan fingerprint density at radius 2 is 0.721 bits per heavy atom. The van der Waals surface area contributed by atoms with Crippen molar-refractivity contribution in [3.63, 3.8) is 0 Å². The van der Waals surface area contributed by atoms with E-state index in [1.165, 1.54) is 33.0 Å². The lowest BCUT2D eigenvalue weighted by atomic mass is 9.85. The first kappa shape index (κ1) is 44.5. The van der Waals surface area contributed by atoms with E-state index >= 15 is 0 Å². The van der Waals surface area contributed by atoms with Gasteiger partial charge in [-0.3, -0.25) is 0 Å². The topological polar surface area (TPSA) is 52.9 Å². The van der Waals surface area contributed by atoms with Gasteiger partial charge < -0.3 is 9.13 Å². The Kier molecular flexibility index (Phi) is 10.4. The summed E-state index contributed by atoms with van der Waals surface area (Å²) in [5.74, 6) is 1.52. The number of rotatable bonds is 5. The van der Waals surface area contributed by atoms with Gasteiger partial charge in [0.25, 0.3) is 0 Å². The largest absolute Gasteiger partial charge is 0.310 e. The van der Waals surface area contributed by atoms with Gasteiger partial charge in [0.1, 0.15) is 0 Å². The van der Waals surface area contributed by atoms with Gasteiger partial charge in [0.05, 0.1) is 28.6 Å². The summed E-state index contributed by atoms with van der Waals surface area (Å²) in [6, 6.07) is 52.0. The number of fused-ring (bicyclic) bond motifs is 6. The normalized spacial score (nSPS) is 12.7. The van der Waals surface area contributed by atoms with Crippen molar-refractivity contribution in [2.45, 2.75) is 105 Å². The van der Waals surface area contributed by atoms with Crippen LogP contribution in [0, 0.1) is 6.57 Å². The Balaban J connectivity index is 1.38. The Bertz CT molecular complexity index is 3450. The van der Waals surface area contributed by atoms with E-state index < -0.39 is 0 Å². The summed E-state index contributed by atoms with van der Waals surface area (Å²) in [5.41, 5.74) is 13.6. The fourth-order valence-electron chi connectivity index (χ4n) is 9.59. The third kappa shape index (κ3) is 7.74. The van der Waals surface area contributed by atoms with Crippen LogP contribution in [0.5, 0.6) is 0 Å². The van der Waals surface area contributed by atoms with Crippen molar-refractivity contribution in [2.75, 3.05) is 0 Å². The number of benzene rings is 7. The average Bonchev–Trinajstić information content (AvgIpc) is 3.82. The summed E-state index contributed by atoms with van der Waals surface area (Å²) in [6.45, 7) is 36.4. The number of nitrogens with zero attached hydrogens (tertiary/aromatic N) is 6. The SMILES string of the molecule is [C-]#[N+]c1cc(-n2c3ccc(C(C)(C)C)cc3c3cc(C(C)(C)C)ccc32)cc(-n2c3ccc(C(C)(C)C)cc3c3cc(C(C)(C)C)ccc32)c1-c1nc(-c2ccccc2)nc(-c2ccccc2)n1. The predicted molar refractivity (Wildman–Crippen MR) is 286 cm³/mol. The Morgan fingerprint density at radius 3 is 1.06 bits per heavy atom. The molecule has 0 radical (unpaired) electrons. The maximum Gasteiger partial charge on any atom is 0.202 e. The molecule has 0 saturated carbocycles. The van der Waals surface area contributed by atoms with E-state index in [0.717, 1.165) is 55.3 Å². The molecule has 10 rings (SSSR count). The van der Waals surface area contributed by atoms with E-state index in [1.54, 1.807) is 0 Å². The zero-order valence-corrected chi connectivity index (χ0v) is 41.5. The molecule has 0 aliphatic heterocycles. The summed E-state index contributed by atoms with van der Waals surface area (Å²) in [4.78, 5) is 20.1. The van der Waals surface area contributed by atoms with Crippen LogP contribution in [0.15, 0.2) is 146 Å². The molecule has 68 heavy (non-hydrogen) atoms. The third-order valence-electron chi connectivity index (χ3n) is 13.6. The van der Waals surface area contributed by atoms with Crippen LogP contribution in [0.3, 0.4) is 0 Å². The molecule has 0 atom stereocenters. The van der Waals surface area contributed by atoms with E-state index in [2.05, 4.69) is 176 Å². The number of hydrogen-bond acceptors (Lipinski definition) is 3. The monoisotopic (exact) mass is 888 g/mol. The molecule has 0 unspecified atom stereocenters. The molecular weight excluding hydrogens is 829 g/mol. The van der Waals surface area contributed by atoms with Crippen molar-refractivity contribution in [3.8, 4) is 45.5 Å². The molecule has 6 heteroatoms. The quantitative estimate of drug-likeness (QED) is 0.162. The van der Waals surface area contributed by atoms with Crippen molar-refractivity contribution in [2.24, 2.45) is 0 Å². The van der Waals surface area contributed by atoms with E-state index in [4.69, 9.17) is 21.5 Å². The van der Waals surface area contributed by atoms with Gasteiger partial charge in [0, 0.05) is 49.6 Å². The van der Waals surface area contributed by atoms with Crippen molar-refractivity contribution in [1.82, 2.24) is 24.1 Å². The van der Waals surface area contributed by atoms with Crippen LogP contribution >= 0.6 is 0 Å². The molecular formula is C62H60N6. The summed E-state index contributed by atoms with van der Waals surface area (Å²) >= 11 is 0. The van der Waals surface area contributed by atoms with Crippen LogP contribution in [0.1, 0.15) is 105 Å². The molecule has 3 heterocycles. The molecule has 6 nitrogen and oxygen atoms in total. The first-order valence-corrected chi connectivity index (χ1v) is 23.8. The lowest BCUT2D eigenvalue weighted by molar-refractivity contribution is 0.590. The van der Waals surface area contributed by atoms with Gasteiger partial charge in [-0.2, -0.15) is 0 Å².